The molecule has 21 heavy (non-hydrogen) atoms. The summed E-state index contributed by atoms with van der Waals surface area (Å²) in [7, 11) is 0.806. The van der Waals surface area contributed by atoms with Crippen molar-refractivity contribution in [2.75, 3.05) is 33.7 Å². The van der Waals surface area contributed by atoms with Gasteiger partial charge in [0.1, 0.15) is 0 Å². The van der Waals surface area contributed by atoms with E-state index in [1.54, 1.807) is 22.5 Å². The molecule has 1 aromatic rings. The maximum absolute atomic E-state index is 12.6. The van der Waals surface area contributed by atoms with E-state index in [1.807, 2.05) is 6.07 Å². The van der Waals surface area contributed by atoms with Gasteiger partial charge in [0.15, 0.2) is 0 Å². The Bertz CT molecular complexity index is 567. The van der Waals surface area contributed by atoms with Gasteiger partial charge in [-0.1, -0.05) is 22.0 Å². The van der Waals surface area contributed by atoms with Crippen molar-refractivity contribution >= 4 is 26.0 Å². The van der Waals surface area contributed by atoms with E-state index < -0.39 is 10.0 Å². The van der Waals surface area contributed by atoms with Crippen molar-refractivity contribution in [3.05, 3.63) is 28.7 Å². The molecule has 0 amide bonds. The van der Waals surface area contributed by atoms with Crippen LogP contribution in [0.25, 0.3) is 0 Å². The highest BCUT2D eigenvalue weighted by molar-refractivity contribution is 9.10. The number of benzene rings is 1. The van der Waals surface area contributed by atoms with Gasteiger partial charge in [0, 0.05) is 17.6 Å². The van der Waals surface area contributed by atoms with E-state index in [0.29, 0.717) is 23.9 Å². The van der Waals surface area contributed by atoms with Crippen molar-refractivity contribution in [2.24, 2.45) is 5.92 Å². The predicted octanol–water partition coefficient (Wildman–Crippen LogP) is 2.80. The summed E-state index contributed by atoms with van der Waals surface area (Å²) in [5.74, 6) is 0.640. The van der Waals surface area contributed by atoms with Crippen molar-refractivity contribution < 1.29 is 8.42 Å². The van der Waals surface area contributed by atoms with Gasteiger partial charge >= 0.3 is 0 Å². The lowest BCUT2D eigenvalue weighted by Crippen LogP contribution is -2.38. The molecule has 6 heteroatoms. The van der Waals surface area contributed by atoms with Crippen LogP contribution in [0.1, 0.15) is 19.3 Å². The number of sulfonamides is 1. The first-order valence-electron chi connectivity index (χ1n) is 7.30. The third kappa shape index (κ3) is 4.52. The number of hydrogen-bond donors (Lipinski definition) is 0. The second kappa shape index (κ2) is 7.22. The molecule has 4 nitrogen and oxygen atoms in total. The Morgan fingerprint density at radius 3 is 2.52 bits per heavy atom. The standard InChI is InChI=1S/C15H23BrN2O2S/c1-17(2)9-6-13-7-10-18(11-8-13)21(19,20)15-5-3-4-14(16)12-15/h3-5,12-13H,6-11H2,1-2H3. The Kier molecular flexibility index (Phi) is 5.82. The van der Waals surface area contributed by atoms with Crippen LogP contribution < -0.4 is 0 Å². The first kappa shape index (κ1) is 16.9. The molecule has 1 saturated heterocycles. The zero-order valence-corrected chi connectivity index (χ0v) is 15.0. The van der Waals surface area contributed by atoms with Crippen molar-refractivity contribution in [3.8, 4) is 0 Å². The van der Waals surface area contributed by atoms with Crippen LogP contribution in [0.15, 0.2) is 33.6 Å². The fourth-order valence-electron chi connectivity index (χ4n) is 2.66. The lowest BCUT2D eigenvalue weighted by molar-refractivity contribution is 0.243. The predicted molar refractivity (Wildman–Crippen MR) is 88.8 cm³/mol. The van der Waals surface area contributed by atoms with Crippen LogP contribution in [0.2, 0.25) is 0 Å². The average molecular weight is 375 g/mol. The van der Waals surface area contributed by atoms with Crippen LogP contribution in [0.3, 0.4) is 0 Å². The summed E-state index contributed by atoms with van der Waals surface area (Å²) in [6.07, 6.45) is 3.07. The van der Waals surface area contributed by atoms with Gasteiger partial charge in [-0.25, -0.2) is 8.42 Å². The van der Waals surface area contributed by atoms with E-state index in [4.69, 9.17) is 0 Å². The first-order chi connectivity index (χ1) is 9.89. The molecule has 0 aromatic heterocycles. The Morgan fingerprint density at radius 2 is 1.95 bits per heavy atom. The molecule has 0 N–H and O–H groups in total. The summed E-state index contributed by atoms with van der Waals surface area (Å²) in [5, 5.41) is 0. The zero-order chi connectivity index (χ0) is 15.5. The first-order valence-corrected chi connectivity index (χ1v) is 9.53. The summed E-state index contributed by atoms with van der Waals surface area (Å²) in [4.78, 5) is 2.56. The number of rotatable bonds is 5. The quantitative estimate of drug-likeness (QED) is 0.795. The Hall–Kier alpha value is -0.430. The Labute approximate surface area is 136 Å². The molecule has 0 saturated carbocycles. The molecule has 0 aliphatic carbocycles. The summed E-state index contributed by atoms with van der Waals surface area (Å²) in [6.45, 7) is 2.34. The van der Waals surface area contributed by atoms with Crippen LogP contribution >= 0.6 is 15.9 Å². The third-order valence-electron chi connectivity index (χ3n) is 3.99. The number of halogens is 1. The molecular weight excluding hydrogens is 352 g/mol. The highest BCUT2D eigenvalue weighted by Gasteiger charge is 2.29. The Balaban J connectivity index is 1.98. The Morgan fingerprint density at radius 1 is 1.29 bits per heavy atom. The number of piperidine rings is 1. The van der Waals surface area contributed by atoms with E-state index in [0.717, 1.165) is 30.3 Å². The molecule has 1 aliphatic rings. The monoisotopic (exact) mass is 374 g/mol. The second-order valence-electron chi connectivity index (χ2n) is 5.90. The molecule has 0 spiro atoms. The van der Waals surface area contributed by atoms with Crippen LogP contribution in [-0.4, -0.2) is 51.4 Å². The molecule has 0 unspecified atom stereocenters. The van der Waals surface area contributed by atoms with Crippen molar-refractivity contribution in [2.45, 2.75) is 24.2 Å². The van der Waals surface area contributed by atoms with Gasteiger partial charge in [-0.3, -0.25) is 0 Å². The topological polar surface area (TPSA) is 40.6 Å². The summed E-state index contributed by atoms with van der Waals surface area (Å²) in [6, 6.07) is 6.94. The average Bonchev–Trinajstić information content (AvgIpc) is 2.45. The molecular formula is C15H23BrN2O2S. The second-order valence-corrected chi connectivity index (χ2v) is 8.75. The fourth-order valence-corrected chi connectivity index (χ4v) is 4.72. The number of hydrogen-bond acceptors (Lipinski definition) is 3. The van der Waals surface area contributed by atoms with Crippen molar-refractivity contribution in [1.29, 1.82) is 0 Å². The molecule has 2 rings (SSSR count). The molecule has 0 bridgehead atoms. The van der Waals surface area contributed by atoms with Gasteiger partial charge in [0.2, 0.25) is 10.0 Å². The lowest BCUT2D eigenvalue weighted by atomic mass is 9.94. The smallest absolute Gasteiger partial charge is 0.243 e. The largest absolute Gasteiger partial charge is 0.309 e. The normalized spacial score (nSPS) is 18.3. The highest BCUT2D eigenvalue weighted by atomic mass is 79.9. The third-order valence-corrected chi connectivity index (χ3v) is 6.38. The van der Waals surface area contributed by atoms with E-state index in [9.17, 15) is 8.42 Å². The molecule has 0 radical (unpaired) electrons. The van der Waals surface area contributed by atoms with Gasteiger partial charge in [-0.2, -0.15) is 4.31 Å². The van der Waals surface area contributed by atoms with E-state index in [-0.39, 0.29) is 0 Å². The van der Waals surface area contributed by atoms with Crippen LogP contribution in [-0.2, 0) is 10.0 Å². The minimum atomic E-state index is -3.35. The van der Waals surface area contributed by atoms with Gasteiger partial charge in [0.25, 0.3) is 0 Å². The summed E-state index contributed by atoms with van der Waals surface area (Å²) < 4.78 is 27.6. The van der Waals surface area contributed by atoms with Crippen LogP contribution in [0.5, 0.6) is 0 Å². The molecule has 0 atom stereocenters. The van der Waals surface area contributed by atoms with Crippen molar-refractivity contribution in [3.63, 3.8) is 0 Å². The zero-order valence-electron chi connectivity index (χ0n) is 12.6. The van der Waals surface area contributed by atoms with E-state index in [1.165, 1.54) is 0 Å². The molecule has 1 heterocycles. The van der Waals surface area contributed by atoms with Gasteiger partial charge in [-0.15, -0.1) is 0 Å². The van der Waals surface area contributed by atoms with Gasteiger partial charge in [0.05, 0.1) is 4.90 Å². The van der Waals surface area contributed by atoms with Crippen LogP contribution in [0.4, 0.5) is 0 Å². The fraction of sp³-hybridized carbons (Fsp3) is 0.600. The van der Waals surface area contributed by atoms with E-state index in [2.05, 4.69) is 34.9 Å². The maximum Gasteiger partial charge on any atom is 0.243 e. The minimum Gasteiger partial charge on any atom is -0.309 e. The minimum absolute atomic E-state index is 0.378. The molecule has 1 aliphatic heterocycles. The summed E-state index contributed by atoms with van der Waals surface area (Å²) in [5.41, 5.74) is 0. The molecule has 1 fully saturated rings. The lowest BCUT2D eigenvalue weighted by Gasteiger charge is -2.31. The highest BCUT2D eigenvalue weighted by Crippen LogP contribution is 2.26. The van der Waals surface area contributed by atoms with Crippen LogP contribution in [0, 0.1) is 5.92 Å². The SMILES string of the molecule is CN(C)CCC1CCN(S(=O)(=O)c2cccc(Br)c2)CC1. The molecule has 118 valence electrons. The number of nitrogens with zero attached hydrogens (tertiary/aromatic N) is 2. The van der Waals surface area contributed by atoms with Gasteiger partial charge in [-0.05, 0) is 64.0 Å². The maximum atomic E-state index is 12.6. The van der Waals surface area contributed by atoms with Crippen molar-refractivity contribution in [1.82, 2.24) is 9.21 Å². The van der Waals surface area contributed by atoms with Gasteiger partial charge < -0.3 is 4.90 Å². The van der Waals surface area contributed by atoms with E-state index >= 15 is 0 Å². The molecule has 1 aromatic carbocycles. The summed E-state index contributed by atoms with van der Waals surface area (Å²) >= 11 is 3.33.